The molecule has 0 aliphatic carbocycles. The molecule has 52 heavy (non-hydrogen) atoms. The first-order valence-corrected chi connectivity index (χ1v) is 17.8. The lowest BCUT2D eigenvalue weighted by Crippen LogP contribution is -2.49. The van der Waals surface area contributed by atoms with Gasteiger partial charge >= 0.3 is 12.2 Å². The number of ether oxygens (including phenoxy) is 2. The molecule has 0 fully saturated rings. The molecule has 10 nitrogen and oxygen atoms in total. The van der Waals surface area contributed by atoms with Crippen LogP contribution in [0, 0.1) is 0 Å². The van der Waals surface area contributed by atoms with Crippen LogP contribution >= 0.6 is 0 Å². The zero-order valence-corrected chi connectivity index (χ0v) is 31.1. The van der Waals surface area contributed by atoms with Crippen LogP contribution < -0.4 is 21.3 Å². The Morgan fingerprint density at radius 1 is 0.558 bits per heavy atom. The number of hydrogen-bond donors (Lipinski definition) is 4. The van der Waals surface area contributed by atoms with E-state index in [1.165, 1.54) is 0 Å². The lowest BCUT2D eigenvalue weighted by Gasteiger charge is -2.24. The molecule has 4 N–H and O–H groups in total. The second kappa shape index (κ2) is 18.2. The zero-order valence-electron chi connectivity index (χ0n) is 31.1. The van der Waals surface area contributed by atoms with Gasteiger partial charge < -0.3 is 30.7 Å². The number of alkyl carbamates (subject to hydrolysis) is 2. The third-order valence-electron chi connectivity index (χ3n) is 8.01. The number of rotatable bonds is 14. The molecule has 0 aliphatic rings. The third-order valence-corrected chi connectivity index (χ3v) is 8.01. The van der Waals surface area contributed by atoms with Crippen LogP contribution in [0.5, 0.6) is 0 Å². The molecule has 10 heteroatoms. The lowest BCUT2D eigenvalue weighted by atomic mass is 9.98. The Morgan fingerprint density at radius 2 is 0.923 bits per heavy atom. The fourth-order valence-electron chi connectivity index (χ4n) is 5.74. The van der Waals surface area contributed by atoms with Gasteiger partial charge in [-0.05, 0) is 87.1 Å². The van der Waals surface area contributed by atoms with Crippen molar-refractivity contribution >= 4 is 45.5 Å². The molecule has 0 aromatic heterocycles. The van der Waals surface area contributed by atoms with E-state index in [4.69, 9.17) is 9.47 Å². The molecule has 0 unspecified atom stereocenters. The summed E-state index contributed by atoms with van der Waals surface area (Å²) in [6.07, 6.45) is 4.25. The molecule has 0 heterocycles. The first kappa shape index (κ1) is 39.4. The van der Waals surface area contributed by atoms with E-state index >= 15 is 0 Å². The highest BCUT2D eigenvalue weighted by Crippen LogP contribution is 2.22. The molecular weight excluding hydrogens is 656 g/mol. The number of nitrogens with one attached hydrogen (secondary N) is 4. The summed E-state index contributed by atoms with van der Waals surface area (Å²) in [6, 6.07) is 26.0. The van der Waals surface area contributed by atoms with Gasteiger partial charge in [-0.1, -0.05) is 97.1 Å². The second-order valence-corrected chi connectivity index (χ2v) is 14.7. The third kappa shape index (κ3) is 12.7. The zero-order chi connectivity index (χ0) is 37.7. The smallest absolute Gasteiger partial charge is 0.408 e. The molecule has 0 radical (unpaired) electrons. The topological polar surface area (TPSA) is 135 Å². The van der Waals surface area contributed by atoms with Gasteiger partial charge in [-0.25, -0.2) is 9.59 Å². The fourth-order valence-corrected chi connectivity index (χ4v) is 5.74. The predicted molar refractivity (Wildman–Crippen MR) is 206 cm³/mol. The van der Waals surface area contributed by atoms with Crippen LogP contribution in [0.3, 0.4) is 0 Å². The van der Waals surface area contributed by atoms with E-state index in [-0.39, 0.29) is 11.8 Å². The molecule has 0 saturated carbocycles. The largest absolute Gasteiger partial charge is 0.444 e. The maximum Gasteiger partial charge on any atom is 0.408 e. The van der Waals surface area contributed by atoms with Gasteiger partial charge in [-0.3, -0.25) is 9.59 Å². The minimum absolute atomic E-state index is 0.298. The van der Waals surface area contributed by atoms with Crippen molar-refractivity contribution < 1.29 is 28.7 Å². The summed E-state index contributed by atoms with van der Waals surface area (Å²) in [4.78, 5) is 52.0. The van der Waals surface area contributed by atoms with E-state index in [0.29, 0.717) is 38.8 Å². The van der Waals surface area contributed by atoms with Gasteiger partial charge in [0, 0.05) is 25.9 Å². The van der Waals surface area contributed by atoms with Crippen LogP contribution in [0.15, 0.2) is 97.1 Å². The van der Waals surface area contributed by atoms with Crippen molar-refractivity contribution in [2.45, 2.75) is 90.5 Å². The average Bonchev–Trinajstić information content (AvgIpc) is 3.07. The summed E-state index contributed by atoms with van der Waals surface area (Å²) in [5.74, 6) is -0.622. The van der Waals surface area contributed by atoms with Crippen molar-refractivity contribution in [3.05, 3.63) is 108 Å². The molecule has 2 atom stereocenters. The molecule has 0 aliphatic heterocycles. The monoisotopic (exact) mass is 708 g/mol. The number of amides is 4. The molecule has 4 aromatic carbocycles. The van der Waals surface area contributed by atoms with Gasteiger partial charge in [-0.15, -0.1) is 0 Å². The van der Waals surface area contributed by atoms with E-state index in [0.717, 1.165) is 32.7 Å². The standard InChI is InChI=1S/C42H52N4O6/c1-41(2,3)51-39(49)45-35(27-31-21-15-19-29-17-9-11-23-33(29)31)37(47)43-25-13-7-8-14-26-44-38(48)36(46-40(50)52-42(4,5)6)28-32-22-16-20-30-18-10-12-24-34(30)32/h7-12,15-24,35-36H,13-14,25-28H2,1-6H3,(H,43,47)(H,44,48)(H,45,49)(H,46,50)/b8-7+/t35-,36-/m0/s1. The first-order valence-electron chi connectivity index (χ1n) is 17.8. The highest BCUT2D eigenvalue weighted by Gasteiger charge is 2.26. The highest BCUT2D eigenvalue weighted by molar-refractivity contribution is 5.90. The van der Waals surface area contributed by atoms with Crippen molar-refractivity contribution in [1.29, 1.82) is 0 Å². The quantitative estimate of drug-likeness (QED) is 0.0813. The van der Waals surface area contributed by atoms with Gasteiger partial charge in [0.05, 0.1) is 0 Å². The Morgan fingerprint density at radius 3 is 1.31 bits per heavy atom. The Kier molecular flexibility index (Phi) is 13.8. The van der Waals surface area contributed by atoms with Gasteiger partial charge in [0.2, 0.25) is 11.8 Å². The first-order chi connectivity index (χ1) is 24.7. The number of carbonyl (C=O) groups excluding carboxylic acids is 4. The average molecular weight is 709 g/mol. The molecule has 4 aromatic rings. The SMILES string of the molecule is CC(C)(C)OC(=O)N[C@@H](Cc1cccc2ccccc12)C(=O)NCC/C=C/CCNC(=O)[C@H](Cc1cccc2ccccc12)NC(=O)OC(C)(C)C. The van der Waals surface area contributed by atoms with Crippen LogP contribution in [0.25, 0.3) is 21.5 Å². The van der Waals surface area contributed by atoms with Crippen molar-refractivity contribution in [3.63, 3.8) is 0 Å². The van der Waals surface area contributed by atoms with Gasteiger partial charge in [-0.2, -0.15) is 0 Å². The maximum atomic E-state index is 13.3. The summed E-state index contributed by atoms with van der Waals surface area (Å²) in [5, 5.41) is 15.5. The van der Waals surface area contributed by atoms with E-state index < -0.39 is 35.5 Å². The predicted octanol–water partition coefficient (Wildman–Crippen LogP) is 7.13. The van der Waals surface area contributed by atoms with Crippen molar-refractivity contribution in [2.24, 2.45) is 0 Å². The fraction of sp³-hybridized carbons (Fsp3) is 0.381. The van der Waals surface area contributed by atoms with Crippen LogP contribution in [-0.4, -0.2) is 60.4 Å². The van der Waals surface area contributed by atoms with E-state index in [1.54, 1.807) is 41.5 Å². The number of hydrogen-bond acceptors (Lipinski definition) is 6. The molecular formula is C42H52N4O6. The normalized spacial score (nSPS) is 13.0. The second-order valence-electron chi connectivity index (χ2n) is 14.7. The minimum atomic E-state index is -0.837. The van der Waals surface area contributed by atoms with Crippen LogP contribution in [0.1, 0.15) is 65.5 Å². The molecule has 4 rings (SSSR count). The van der Waals surface area contributed by atoms with Crippen molar-refractivity contribution in [3.8, 4) is 0 Å². The maximum absolute atomic E-state index is 13.3. The van der Waals surface area contributed by atoms with Crippen LogP contribution in [0.2, 0.25) is 0 Å². The Bertz CT molecular complexity index is 1730. The summed E-state index contributed by atoms with van der Waals surface area (Å²) in [6.45, 7) is 11.4. The number of fused-ring (bicyclic) bond motifs is 2. The van der Waals surface area contributed by atoms with E-state index in [2.05, 4.69) is 21.3 Å². The van der Waals surface area contributed by atoms with Crippen molar-refractivity contribution in [1.82, 2.24) is 21.3 Å². The Balaban J connectivity index is 1.29. The van der Waals surface area contributed by atoms with Gasteiger partial charge in [0.15, 0.2) is 0 Å². The van der Waals surface area contributed by atoms with Gasteiger partial charge in [0.1, 0.15) is 23.3 Å². The number of benzene rings is 4. The summed E-state index contributed by atoms with van der Waals surface area (Å²) in [5.41, 5.74) is 0.469. The molecule has 0 saturated heterocycles. The van der Waals surface area contributed by atoms with Crippen molar-refractivity contribution in [2.75, 3.05) is 13.1 Å². The molecule has 4 amide bonds. The molecule has 0 bridgehead atoms. The minimum Gasteiger partial charge on any atom is -0.444 e. The Labute approximate surface area is 306 Å². The lowest BCUT2D eigenvalue weighted by molar-refractivity contribution is -0.123. The van der Waals surface area contributed by atoms with Crippen LogP contribution in [-0.2, 0) is 31.9 Å². The summed E-state index contributed by atoms with van der Waals surface area (Å²) < 4.78 is 10.9. The highest BCUT2D eigenvalue weighted by atomic mass is 16.6. The molecule has 276 valence electrons. The van der Waals surface area contributed by atoms with Gasteiger partial charge in [0.25, 0.3) is 0 Å². The summed E-state index contributed by atoms with van der Waals surface area (Å²) in [7, 11) is 0. The van der Waals surface area contributed by atoms with E-state index in [1.807, 2.05) is 97.1 Å². The number of carbonyl (C=O) groups is 4. The Hall–Kier alpha value is -5.38. The van der Waals surface area contributed by atoms with Crippen LogP contribution in [0.4, 0.5) is 9.59 Å². The van der Waals surface area contributed by atoms with E-state index in [9.17, 15) is 19.2 Å². The molecule has 0 spiro atoms. The summed E-state index contributed by atoms with van der Waals surface area (Å²) >= 11 is 0.